The first kappa shape index (κ1) is 11.6. The number of benzene rings is 1. The largest absolute Gasteiger partial charge is 0.296 e. The second-order valence-electron chi connectivity index (χ2n) is 4.92. The monoisotopic (exact) mass is 284 g/mol. The number of H-pyrrole nitrogens is 1. The van der Waals surface area contributed by atoms with Crippen LogP contribution in [0.4, 0.5) is 5.13 Å². The van der Waals surface area contributed by atoms with Gasteiger partial charge in [-0.05, 0) is 31.0 Å². The molecule has 1 aliphatic carbocycles. The number of carbonyl (C=O) groups is 1. The molecule has 20 heavy (non-hydrogen) atoms. The molecule has 2 aromatic heterocycles. The van der Waals surface area contributed by atoms with Crippen LogP contribution in [0.3, 0.4) is 0 Å². The van der Waals surface area contributed by atoms with Crippen LogP contribution in [0.25, 0.3) is 10.2 Å². The maximum atomic E-state index is 12.1. The standard InChI is InChI=1S/C14H12N4OS/c19-13(11-7-10(17-18-11)8-5-6-8)16-14-15-9-3-1-2-4-12(9)20-14/h1-4,7-8H,5-6H2,(H,17,18)(H,15,16,19). The van der Waals surface area contributed by atoms with E-state index >= 15 is 0 Å². The summed E-state index contributed by atoms with van der Waals surface area (Å²) in [5.74, 6) is 0.346. The van der Waals surface area contributed by atoms with E-state index in [9.17, 15) is 4.79 Å². The van der Waals surface area contributed by atoms with Gasteiger partial charge in [0, 0.05) is 11.6 Å². The maximum Gasteiger partial charge on any atom is 0.277 e. The summed E-state index contributed by atoms with van der Waals surface area (Å²) in [7, 11) is 0. The number of rotatable bonds is 3. The van der Waals surface area contributed by atoms with Crippen LogP contribution < -0.4 is 5.32 Å². The van der Waals surface area contributed by atoms with Crippen molar-refractivity contribution >= 4 is 32.6 Å². The van der Waals surface area contributed by atoms with Crippen molar-refractivity contribution in [2.24, 2.45) is 0 Å². The van der Waals surface area contributed by atoms with E-state index in [4.69, 9.17) is 0 Å². The molecule has 1 saturated carbocycles. The van der Waals surface area contributed by atoms with Crippen LogP contribution in [-0.4, -0.2) is 21.1 Å². The molecule has 6 heteroatoms. The van der Waals surface area contributed by atoms with Gasteiger partial charge in [-0.15, -0.1) is 0 Å². The molecule has 0 saturated heterocycles. The van der Waals surface area contributed by atoms with Crippen LogP contribution in [-0.2, 0) is 0 Å². The normalized spacial score (nSPS) is 14.6. The van der Waals surface area contributed by atoms with Gasteiger partial charge in [-0.2, -0.15) is 5.10 Å². The molecule has 1 fully saturated rings. The van der Waals surface area contributed by atoms with Crippen molar-refractivity contribution in [2.75, 3.05) is 5.32 Å². The summed E-state index contributed by atoms with van der Waals surface area (Å²) in [6, 6.07) is 9.65. The van der Waals surface area contributed by atoms with Gasteiger partial charge >= 0.3 is 0 Å². The zero-order valence-electron chi connectivity index (χ0n) is 10.6. The van der Waals surface area contributed by atoms with Crippen molar-refractivity contribution in [2.45, 2.75) is 18.8 Å². The molecular weight excluding hydrogens is 272 g/mol. The van der Waals surface area contributed by atoms with Gasteiger partial charge in [0.2, 0.25) is 0 Å². The third-order valence-corrected chi connectivity index (χ3v) is 4.31. The third kappa shape index (κ3) is 2.08. The molecule has 1 amide bonds. The Morgan fingerprint density at radius 2 is 2.20 bits per heavy atom. The highest BCUT2D eigenvalue weighted by Gasteiger charge is 2.26. The van der Waals surface area contributed by atoms with E-state index in [0.717, 1.165) is 15.9 Å². The molecule has 2 N–H and O–H groups in total. The SMILES string of the molecule is O=C(Nc1nc2ccccc2s1)c1cc(C2CC2)[nH]n1. The molecule has 1 aromatic carbocycles. The van der Waals surface area contributed by atoms with Crippen molar-refractivity contribution < 1.29 is 4.79 Å². The Kier molecular flexibility index (Phi) is 2.56. The molecule has 4 rings (SSSR count). The second kappa shape index (κ2) is 4.42. The van der Waals surface area contributed by atoms with Crippen LogP contribution in [0.5, 0.6) is 0 Å². The predicted octanol–water partition coefficient (Wildman–Crippen LogP) is 3.15. The van der Waals surface area contributed by atoms with Crippen molar-refractivity contribution in [3.05, 3.63) is 41.7 Å². The molecule has 5 nitrogen and oxygen atoms in total. The average Bonchev–Trinajstić information content (AvgIpc) is 3.03. The Morgan fingerprint density at radius 1 is 1.35 bits per heavy atom. The highest BCUT2D eigenvalue weighted by Crippen LogP contribution is 2.39. The van der Waals surface area contributed by atoms with Gasteiger partial charge in [-0.1, -0.05) is 23.5 Å². The van der Waals surface area contributed by atoms with Gasteiger partial charge in [-0.3, -0.25) is 15.2 Å². The summed E-state index contributed by atoms with van der Waals surface area (Å²) in [4.78, 5) is 16.5. The summed E-state index contributed by atoms with van der Waals surface area (Å²) < 4.78 is 1.06. The zero-order chi connectivity index (χ0) is 13.5. The van der Waals surface area contributed by atoms with E-state index in [-0.39, 0.29) is 5.91 Å². The number of hydrogen-bond donors (Lipinski definition) is 2. The first-order valence-electron chi connectivity index (χ1n) is 6.52. The topological polar surface area (TPSA) is 70.7 Å². The van der Waals surface area contributed by atoms with E-state index < -0.39 is 0 Å². The van der Waals surface area contributed by atoms with Crippen molar-refractivity contribution in [3.8, 4) is 0 Å². The first-order valence-corrected chi connectivity index (χ1v) is 7.33. The summed E-state index contributed by atoms with van der Waals surface area (Å²) in [5.41, 5.74) is 2.37. The lowest BCUT2D eigenvalue weighted by Crippen LogP contribution is -2.12. The first-order chi connectivity index (χ1) is 9.79. The van der Waals surface area contributed by atoms with Crippen LogP contribution in [0, 0.1) is 0 Å². The summed E-state index contributed by atoms with van der Waals surface area (Å²) in [6.07, 6.45) is 2.36. The van der Waals surface area contributed by atoms with Gasteiger partial charge in [-0.25, -0.2) is 4.98 Å². The molecular formula is C14H12N4OS. The fraction of sp³-hybridized carbons (Fsp3) is 0.214. The third-order valence-electron chi connectivity index (χ3n) is 3.36. The van der Waals surface area contributed by atoms with Crippen LogP contribution >= 0.6 is 11.3 Å². The smallest absolute Gasteiger partial charge is 0.277 e. The van der Waals surface area contributed by atoms with E-state index in [2.05, 4.69) is 20.5 Å². The van der Waals surface area contributed by atoms with Crippen molar-refractivity contribution in [1.82, 2.24) is 15.2 Å². The van der Waals surface area contributed by atoms with Crippen LogP contribution in [0.2, 0.25) is 0 Å². The minimum atomic E-state index is -0.216. The van der Waals surface area contributed by atoms with E-state index in [0.29, 0.717) is 16.7 Å². The minimum absolute atomic E-state index is 0.216. The van der Waals surface area contributed by atoms with Crippen LogP contribution in [0.1, 0.15) is 34.9 Å². The molecule has 3 aromatic rings. The number of para-hydroxylation sites is 1. The van der Waals surface area contributed by atoms with Crippen LogP contribution in [0.15, 0.2) is 30.3 Å². The summed E-state index contributed by atoms with van der Waals surface area (Å²) in [5, 5.41) is 10.4. The molecule has 1 aliphatic rings. The Hall–Kier alpha value is -2.21. The van der Waals surface area contributed by atoms with Gasteiger partial charge in [0.25, 0.3) is 5.91 Å². The van der Waals surface area contributed by atoms with Gasteiger partial charge in [0.05, 0.1) is 10.2 Å². The van der Waals surface area contributed by atoms with E-state index in [1.165, 1.54) is 24.2 Å². The van der Waals surface area contributed by atoms with Gasteiger partial charge in [0.15, 0.2) is 10.8 Å². The number of anilines is 1. The fourth-order valence-electron chi connectivity index (χ4n) is 2.14. The zero-order valence-corrected chi connectivity index (χ0v) is 11.4. The molecule has 2 heterocycles. The molecule has 100 valence electrons. The fourth-order valence-corrected chi connectivity index (χ4v) is 3.00. The number of carbonyl (C=O) groups excluding carboxylic acids is 1. The van der Waals surface area contributed by atoms with E-state index in [1.807, 2.05) is 30.3 Å². The van der Waals surface area contributed by atoms with Gasteiger partial charge in [0.1, 0.15) is 0 Å². The summed E-state index contributed by atoms with van der Waals surface area (Å²) in [6.45, 7) is 0. The number of amides is 1. The highest BCUT2D eigenvalue weighted by molar-refractivity contribution is 7.22. The van der Waals surface area contributed by atoms with Crippen molar-refractivity contribution in [1.29, 1.82) is 0 Å². The molecule has 0 radical (unpaired) electrons. The lowest BCUT2D eigenvalue weighted by Gasteiger charge is -1.96. The number of fused-ring (bicyclic) bond motifs is 1. The Morgan fingerprint density at radius 3 is 3.00 bits per heavy atom. The lowest BCUT2D eigenvalue weighted by atomic mass is 10.2. The molecule has 0 spiro atoms. The van der Waals surface area contributed by atoms with Crippen molar-refractivity contribution in [3.63, 3.8) is 0 Å². The lowest BCUT2D eigenvalue weighted by molar-refractivity contribution is 0.102. The number of aromatic nitrogens is 3. The van der Waals surface area contributed by atoms with Gasteiger partial charge < -0.3 is 0 Å². The molecule has 0 unspecified atom stereocenters. The molecule has 0 aliphatic heterocycles. The second-order valence-corrected chi connectivity index (χ2v) is 5.95. The Bertz CT molecular complexity index is 754. The Labute approximate surface area is 119 Å². The number of aromatic amines is 1. The quantitative estimate of drug-likeness (QED) is 0.776. The molecule has 0 bridgehead atoms. The van der Waals surface area contributed by atoms with E-state index in [1.54, 1.807) is 0 Å². The number of hydrogen-bond acceptors (Lipinski definition) is 4. The summed E-state index contributed by atoms with van der Waals surface area (Å²) >= 11 is 1.46. The minimum Gasteiger partial charge on any atom is -0.296 e. The maximum absolute atomic E-state index is 12.1. The average molecular weight is 284 g/mol. The Balaban J connectivity index is 1.55. The number of nitrogens with one attached hydrogen (secondary N) is 2. The highest BCUT2D eigenvalue weighted by atomic mass is 32.1. The number of thiazole rings is 1. The molecule has 0 atom stereocenters. The predicted molar refractivity (Wildman–Crippen MR) is 78.1 cm³/mol. The number of nitrogens with zero attached hydrogens (tertiary/aromatic N) is 2.